The highest BCUT2D eigenvalue weighted by molar-refractivity contribution is 6.46. The normalized spacial score (nSPS) is 18.3. The zero-order valence-corrected chi connectivity index (χ0v) is 16.5. The van der Waals surface area contributed by atoms with Gasteiger partial charge in [-0.2, -0.15) is 0 Å². The van der Waals surface area contributed by atoms with Gasteiger partial charge in [-0.05, 0) is 43.7 Å². The van der Waals surface area contributed by atoms with Crippen LogP contribution in [-0.2, 0) is 9.59 Å². The summed E-state index contributed by atoms with van der Waals surface area (Å²) in [5, 5.41) is 10.9. The Bertz CT molecular complexity index is 936. The van der Waals surface area contributed by atoms with Crippen molar-refractivity contribution < 1.29 is 23.8 Å². The molecule has 2 aromatic carbocycles. The number of benzene rings is 2. The number of likely N-dealkylation sites (tertiary alicyclic amines) is 1. The quantitative estimate of drug-likeness (QED) is 0.426. The van der Waals surface area contributed by atoms with Crippen LogP contribution in [0.2, 0.25) is 0 Å². The molecule has 0 aliphatic carbocycles. The van der Waals surface area contributed by atoms with Crippen LogP contribution in [0, 0.1) is 5.82 Å². The van der Waals surface area contributed by atoms with Gasteiger partial charge in [0.2, 0.25) is 0 Å². The van der Waals surface area contributed by atoms with Crippen LogP contribution in [0.3, 0.4) is 0 Å². The van der Waals surface area contributed by atoms with Crippen molar-refractivity contribution in [3.8, 4) is 5.75 Å². The number of unbranched alkanes of at least 4 members (excludes halogenated alkanes) is 1. The molecule has 1 saturated heterocycles. The largest absolute Gasteiger partial charge is 0.507 e. The van der Waals surface area contributed by atoms with E-state index in [0.29, 0.717) is 30.9 Å². The van der Waals surface area contributed by atoms with Crippen molar-refractivity contribution in [2.24, 2.45) is 0 Å². The van der Waals surface area contributed by atoms with Crippen LogP contribution < -0.4 is 4.74 Å². The van der Waals surface area contributed by atoms with Gasteiger partial charge in [0.15, 0.2) is 0 Å². The maximum Gasteiger partial charge on any atom is 0.295 e. The summed E-state index contributed by atoms with van der Waals surface area (Å²) in [5.41, 5.74) is 0.457. The number of carbonyl (C=O) groups excluding carboxylic acids is 2. The van der Waals surface area contributed by atoms with Gasteiger partial charge < -0.3 is 14.7 Å². The summed E-state index contributed by atoms with van der Waals surface area (Å²) >= 11 is 0. The van der Waals surface area contributed by atoms with Crippen LogP contribution in [0.5, 0.6) is 5.75 Å². The van der Waals surface area contributed by atoms with Crippen LogP contribution in [0.25, 0.3) is 5.76 Å². The molecule has 1 atom stereocenters. The lowest BCUT2D eigenvalue weighted by Crippen LogP contribution is -2.31. The number of aliphatic hydroxyl groups excluding tert-OH is 1. The number of rotatable bonds is 7. The van der Waals surface area contributed by atoms with Gasteiger partial charge in [0, 0.05) is 17.7 Å². The lowest BCUT2D eigenvalue weighted by atomic mass is 9.95. The lowest BCUT2D eigenvalue weighted by molar-refractivity contribution is -0.139. The average molecular weight is 397 g/mol. The number of Topliss-reactive ketones (excluding diaryl/α,β-unsaturated/α-hetero) is 1. The highest BCUT2D eigenvalue weighted by Gasteiger charge is 2.46. The minimum absolute atomic E-state index is 0.0969. The highest BCUT2D eigenvalue weighted by Crippen LogP contribution is 2.40. The molecule has 0 saturated carbocycles. The van der Waals surface area contributed by atoms with E-state index in [0.717, 1.165) is 6.42 Å². The van der Waals surface area contributed by atoms with Crippen LogP contribution >= 0.6 is 0 Å². The van der Waals surface area contributed by atoms with Gasteiger partial charge in [-0.3, -0.25) is 9.59 Å². The van der Waals surface area contributed by atoms with Gasteiger partial charge in [0.25, 0.3) is 11.7 Å². The van der Waals surface area contributed by atoms with Crippen molar-refractivity contribution in [2.75, 3.05) is 13.2 Å². The number of ether oxygens (including phenoxy) is 1. The van der Waals surface area contributed by atoms with Crippen LogP contribution in [0.4, 0.5) is 4.39 Å². The number of aliphatic hydroxyl groups is 1. The maximum absolute atomic E-state index is 14.6. The Morgan fingerprint density at radius 2 is 1.79 bits per heavy atom. The molecule has 1 aliphatic rings. The van der Waals surface area contributed by atoms with Gasteiger partial charge in [-0.25, -0.2) is 4.39 Å². The molecule has 1 aliphatic heterocycles. The summed E-state index contributed by atoms with van der Waals surface area (Å²) in [5.74, 6) is -1.75. The Hall–Kier alpha value is -3.15. The molecular weight excluding hydrogens is 373 g/mol. The van der Waals surface area contributed by atoms with Crippen molar-refractivity contribution in [1.82, 2.24) is 4.90 Å². The first-order chi connectivity index (χ1) is 14.0. The van der Waals surface area contributed by atoms with Crippen LogP contribution in [0.1, 0.15) is 43.9 Å². The second kappa shape index (κ2) is 8.90. The number of carbonyl (C=O) groups is 2. The molecule has 152 valence electrons. The van der Waals surface area contributed by atoms with Gasteiger partial charge >= 0.3 is 0 Å². The van der Waals surface area contributed by atoms with E-state index in [2.05, 4.69) is 0 Å². The third-order valence-corrected chi connectivity index (χ3v) is 4.93. The predicted octanol–water partition coefficient (Wildman–Crippen LogP) is 4.45. The van der Waals surface area contributed by atoms with Crippen molar-refractivity contribution in [2.45, 2.75) is 32.7 Å². The summed E-state index contributed by atoms with van der Waals surface area (Å²) in [6.07, 6.45) is 1.48. The third kappa shape index (κ3) is 4.01. The van der Waals surface area contributed by atoms with Crippen LogP contribution in [-0.4, -0.2) is 34.8 Å². The fraction of sp³-hybridized carbons (Fsp3) is 0.304. The zero-order valence-electron chi connectivity index (χ0n) is 16.5. The first-order valence-electron chi connectivity index (χ1n) is 9.75. The minimum Gasteiger partial charge on any atom is -0.507 e. The number of amides is 1. The smallest absolute Gasteiger partial charge is 0.295 e. The second-order valence-corrected chi connectivity index (χ2v) is 6.82. The molecule has 1 N–H and O–H groups in total. The summed E-state index contributed by atoms with van der Waals surface area (Å²) < 4.78 is 20.0. The molecule has 0 aromatic heterocycles. The molecule has 29 heavy (non-hydrogen) atoms. The fourth-order valence-corrected chi connectivity index (χ4v) is 3.49. The topological polar surface area (TPSA) is 66.8 Å². The minimum atomic E-state index is -0.964. The molecule has 1 heterocycles. The number of halogens is 1. The van der Waals surface area contributed by atoms with E-state index in [-0.39, 0.29) is 16.9 Å². The second-order valence-electron chi connectivity index (χ2n) is 6.82. The molecule has 1 fully saturated rings. The van der Waals surface area contributed by atoms with E-state index in [1.54, 1.807) is 36.4 Å². The molecule has 3 rings (SSSR count). The Morgan fingerprint density at radius 1 is 1.10 bits per heavy atom. The Labute approximate surface area is 169 Å². The standard InChI is InChI=1S/C23H24FNO4/c1-3-5-14-25-20(17-8-6-7-9-18(17)24)19(22(27)23(25)28)21(26)15-10-12-16(13-11-15)29-4-2/h6-13,20,26H,3-5,14H2,1-2H3/b21-19-. The van der Waals surface area contributed by atoms with Crippen molar-refractivity contribution in [3.05, 3.63) is 71.0 Å². The Balaban J connectivity index is 2.12. The molecule has 6 heteroatoms. The molecule has 1 unspecified atom stereocenters. The van der Waals surface area contributed by atoms with E-state index < -0.39 is 23.5 Å². The zero-order chi connectivity index (χ0) is 21.0. The summed E-state index contributed by atoms with van der Waals surface area (Å²) in [7, 11) is 0. The highest BCUT2D eigenvalue weighted by atomic mass is 19.1. The van der Waals surface area contributed by atoms with Gasteiger partial charge in [-0.15, -0.1) is 0 Å². The van der Waals surface area contributed by atoms with Gasteiger partial charge in [0.05, 0.1) is 18.2 Å². The molecule has 5 nitrogen and oxygen atoms in total. The van der Waals surface area contributed by atoms with E-state index in [1.807, 2.05) is 13.8 Å². The first-order valence-corrected chi connectivity index (χ1v) is 9.75. The molecule has 0 radical (unpaired) electrons. The predicted molar refractivity (Wildman–Crippen MR) is 108 cm³/mol. The van der Waals surface area contributed by atoms with E-state index >= 15 is 0 Å². The van der Waals surface area contributed by atoms with Crippen molar-refractivity contribution >= 4 is 17.4 Å². The number of hydrogen-bond acceptors (Lipinski definition) is 4. The fourth-order valence-electron chi connectivity index (χ4n) is 3.49. The van der Waals surface area contributed by atoms with Gasteiger partial charge in [0.1, 0.15) is 17.3 Å². The number of hydrogen-bond donors (Lipinski definition) is 1. The van der Waals surface area contributed by atoms with E-state index in [1.165, 1.54) is 17.0 Å². The number of ketones is 1. The summed E-state index contributed by atoms with van der Waals surface area (Å²) in [4.78, 5) is 26.8. The molecular formula is C23H24FNO4. The SMILES string of the molecule is CCCCN1C(=O)C(=O)/C(=C(\O)c2ccc(OCC)cc2)C1c1ccccc1F. The monoisotopic (exact) mass is 397 g/mol. The Kier molecular flexibility index (Phi) is 6.32. The third-order valence-electron chi connectivity index (χ3n) is 4.93. The molecule has 2 aromatic rings. The Morgan fingerprint density at radius 3 is 2.41 bits per heavy atom. The average Bonchev–Trinajstić information content (AvgIpc) is 2.97. The molecule has 0 bridgehead atoms. The first kappa shape index (κ1) is 20.6. The van der Waals surface area contributed by atoms with Crippen molar-refractivity contribution in [1.29, 1.82) is 0 Å². The van der Waals surface area contributed by atoms with Crippen molar-refractivity contribution in [3.63, 3.8) is 0 Å². The van der Waals surface area contributed by atoms with E-state index in [4.69, 9.17) is 4.74 Å². The van der Waals surface area contributed by atoms with Gasteiger partial charge in [-0.1, -0.05) is 31.5 Å². The van der Waals surface area contributed by atoms with Crippen LogP contribution in [0.15, 0.2) is 54.1 Å². The molecule has 0 spiro atoms. The summed E-state index contributed by atoms with van der Waals surface area (Å²) in [6.45, 7) is 4.63. The summed E-state index contributed by atoms with van der Waals surface area (Å²) in [6, 6.07) is 11.6. The van der Waals surface area contributed by atoms with E-state index in [9.17, 15) is 19.1 Å². The maximum atomic E-state index is 14.6. The molecule has 1 amide bonds. The number of nitrogens with zero attached hydrogens (tertiary/aromatic N) is 1. The lowest BCUT2D eigenvalue weighted by Gasteiger charge is -2.25.